The van der Waals surface area contributed by atoms with E-state index >= 15 is 0 Å². The number of nitrogens with zero attached hydrogens (tertiary/aromatic N) is 4. The Hall–Kier alpha value is -3.00. The molecule has 1 aromatic carbocycles. The first kappa shape index (κ1) is 17.4. The molecule has 0 radical (unpaired) electrons. The van der Waals surface area contributed by atoms with Crippen LogP contribution in [-0.2, 0) is 6.54 Å². The minimum Gasteiger partial charge on any atom is -0.497 e. The number of methoxy groups -OCH3 is 1. The Kier molecular flexibility index (Phi) is 4.97. The van der Waals surface area contributed by atoms with Crippen LogP contribution >= 0.6 is 0 Å². The third-order valence-electron chi connectivity index (χ3n) is 4.78. The first-order valence-electron chi connectivity index (χ1n) is 9.06. The molecule has 4 rings (SSSR count). The summed E-state index contributed by atoms with van der Waals surface area (Å²) >= 11 is 0. The van der Waals surface area contributed by atoms with E-state index < -0.39 is 0 Å². The van der Waals surface area contributed by atoms with E-state index in [0.29, 0.717) is 30.3 Å². The van der Waals surface area contributed by atoms with Gasteiger partial charge < -0.3 is 15.4 Å². The van der Waals surface area contributed by atoms with Gasteiger partial charge in [0.1, 0.15) is 11.3 Å². The number of nitrogens with one attached hydrogen (secondary N) is 2. The Bertz CT molecular complexity index is 948. The monoisotopic (exact) mass is 366 g/mol. The molecule has 1 fully saturated rings. The molecule has 1 saturated heterocycles. The summed E-state index contributed by atoms with van der Waals surface area (Å²) in [5, 5.41) is 11.0. The van der Waals surface area contributed by atoms with Gasteiger partial charge in [-0.1, -0.05) is 6.07 Å². The molecule has 0 aliphatic carbocycles. The van der Waals surface area contributed by atoms with Gasteiger partial charge in [-0.05, 0) is 31.2 Å². The largest absolute Gasteiger partial charge is 0.497 e. The molecule has 0 saturated carbocycles. The Labute approximate surface area is 157 Å². The molecule has 1 atom stereocenters. The number of rotatable bonds is 6. The van der Waals surface area contributed by atoms with Crippen molar-refractivity contribution in [3.63, 3.8) is 0 Å². The number of carbonyl (C=O) groups is 1. The van der Waals surface area contributed by atoms with E-state index in [0.717, 1.165) is 36.4 Å². The number of amides is 1. The SMILES string of the molecule is COc1cccc(C(=O)NCCn2nc([C@@H]3CCNC3)c3nccnc32)c1. The summed E-state index contributed by atoms with van der Waals surface area (Å²) < 4.78 is 7.00. The van der Waals surface area contributed by atoms with Crippen LogP contribution < -0.4 is 15.4 Å². The molecule has 0 bridgehead atoms. The van der Waals surface area contributed by atoms with Crippen molar-refractivity contribution in [2.75, 3.05) is 26.7 Å². The van der Waals surface area contributed by atoms with Crippen LogP contribution in [0.1, 0.15) is 28.4 Å². The Morgan fingerprint density at radius 2 is 2.26 bits per heavy atom. The van der Waals surface area contributed by atoms with E-state index in [4.69, 9.17) is 9.84 Å². The normalized spacial score (nSPS) is 16.6. The summed E-state index contributed by atoms with van der Waals surface area (Å²) in [6, 6.07) is 7.09. The van der Waals surface area contributed by atoms with Crippen molar-refractivity contribution in [1.82, 2.24) is 30.4 Å². The first-order chi connectivity index (χ1) is 13.3. The van der Waals surface area contributed by atoms with Crippen molar-refractivity contribution < 1.29 is 9.53 Å². The highest BCUT2D eigenvalue weighted by Gasteiger charge is 2.24. The van der Waals surface area contributed by atoms with Crippen molar-refractivity contribution in [1.29, 1.82) is 0 Å². The summed E-state index contributed by atoms with van der Waals surface area (Å²) in [6.07, 6.45) is 4.42. The summed E-state index contributed by atoms with van der Waals surface area (Å²) in [7, 11) is 1.58. The highest BCUT2D eigenvalue weighted by Crippen LogP contribution is 2.26. The van der Waals surface area contributed by atoms with Gasteiger partial charge in [-0.2, -0.15) is 5.10 Å². The lowest BCUT2D eigenvalue weighted by Crippen LogP contribution is -2.27. The molecule has 140 valence electrons. The maximum Gasteiger partial charge on any atom is 0.251 e. The van der Waals surface area contributed by atoms with Crippen molar-refractivity contribution in [3.8, 4) is 5.75 Å². The highest BCUT2D eigenvalue weighted by molar-refractivity contribution is 5.94. The van der Waals surface area contributed by atoms with Gasteiger partial charge in [0, 0.05) is 37.0 Å². The molecule has 0 unspecified atom stereocenters. The zero-order chi connectivity index (χ0) is 18.6. The zero-order valence-corrected chi connectivity index (χ0v) is 15.2. The topological polar surface area (TPSA) is 94.0 Å². The predicted octanol–water partition coefficient (Wildman–Crippen LogP) is 1.34. The van der Waals surface area contributed by atoms with Gasteiger partial charge in [0.05, 0.1) is 19.3 Å². The lowest BCUT2D eigenvalue weighted by Gasteiger charge is -2.07. The molecule has 0 spiro atoms. The van der Waals surface area contributed by atoms with Gasteiger partial charge in [0.25, 0.3) is 5.91 Å². The molecule has 8 nitrogen and oxygen atoms in total. The second-order valence-corrected chi connectivity index (χ2v) is 6.51. The minimum atomic E-state index is -0.142. The highest BCUT2D eigenvalue weighted by atomic mass is 16.5. The average molecular weight is 366 g/mol. The number of benzene rings is 1. The fourth-order valence-electron chi connectivity index (χ4n) is 3.39. The van der Waals surface area contributed by atoms with Crippen LogP contribution in [0.25, 0.3) is 11.2 Å². The van der Waals surface area contributed by atoms with Crippen molar-refractivity contribution in [3.05, 3.63) is 47.9 Å². The summed E-state index contributed by atoms with van der Waals surface area (Å²) in [5.41, 5.74) is 3.17. The lowest BCUT2D eigenvalue weighted by molar-refractivity contribution is 0.0951. The van der Waals surface area contributed by atoms with E-state index in [1.54, 1.807) is 37.7 Å². The van der Waals surface area contributed by atoms with E-state index in [1.807, 2.05) is 10.7 Å². The molecule has 3 heterocycles. The van der Waals surface area contributed by atoms with Gasteiger partial charge >= 0.3 is 0 Å². The van der Waals surface area contributed by atoms with Gasteiger partial charge in [0.2, 0.25) is 0 Å². The number of carbonyl (C=O) groups excluding carboxylic acids is 1. The van der Waals surface area contributed by atoms with E-state index in [-0.39, 0.29) is 5.91 Å². The van der Waals surface area contributed by atoms with Gasteiger partial charge in [-0.15, -0.1) is 0 Å². The van der Waals surface area contributed by atoms with Crippen LogP contribution in [0, 0.1) is 0 Å². The lowest BCUT2D eigenvalue weighted by atomic mass is 10.0. The fourth-order valence-corrected chi connectivity index (χ4v) is 3.39. The molecule has 27 heavy (non-hydrogen) atoms. The van der Waals surface area contributed by atoms with Gasteiger partial charge in [0.15, 0.2) is 5.65 Å². The first-order valence-corrected chi connectivity index (χ1v) is 9.06. The van der Waals surface area contributed by atoms with Crippen LogP contribution in [0.5, 0.6) is 5.75 Å². The van der Waals surface area contributed by atoms with E-state index in [9.17, 15) is 4.79 Å². The zero-order valence-electron chi connectivity index (χ0n) is 15.2. The molecular formula is C19H22N6O2. The van der Waals surface area contributed by atoms with Crippen LogP contribution in [-0.4, -0.2) is 52.4 Å². The average Bonchev–Trinajstić information content (AvgIpc) is 3.36. The molecule has 1 aliphatic rings. The van der Waals surface area contributed by atoms with Crippen LogP contribution in [0.2, 0.25) is 0 Å². The van der Waals surface area contributed by atoms with Gasteiger partial charge in [-0.3, -0.25) is 4.79 Å². The molecular weight excluding hydrogens is 344 g/mol. The van der Waals surface area contributed by atoms with Gasteiger partial charge in [-0.25, -0.2) is 14.6 Å². The summed E-state index contributed by atoms with van der Waals surface area (Å²) in [5.74, 6) is 0.874. The molecule has 2 N–H and O–H groups in total. The summed E-state index contributed by atoms with van der Waals surface area (Å²) in [6.45, 7) is 2.89. The van der Waals surface area contributed by atoms with Crippen LogP contribution in [0.4, 0.5) is 0 Å². The van der Waals surface area contributed by atoms with Crippen molar-refractivity contribution in [2.24, 2.45) is 0 Å². The Balaban J connectivity index is 1.46. The molecule has 2 aromatic heterocycles. The predicted molar refractivity (Wildman–Crippen MR) is 101 cm³/mol. The van der Waals surface area contributed by atoms with Crippen molar-refractivity contribution >= 4 is 17.1 Å². The number of hydrogen-bond donors (Lipinski definition) is 2. The molecule has 8 heteroatoms. The number of fused-ring (bicyclic) bond motifs is 1. The second kappa shape index (κ2) is 7.71. The Morgan fingerprint density at radius 3 is 3.07 bits per heavy atom. The fraction of sp³-hybridized carbons (Fsp3) is 0.368. The van der Waals surface area contributed by atoms with Crippen molar-refractivity contribution in [2.45, 2.75) is 18.9 Å². The quantitative estimate of drug-likeness (QED) is 0.684. The van der Waals surface area contributed by atoms with E-state index in [2.05, 4.69) is 20.6 Å². The number of ether oxygens (including phenoxy) is 1. The Morgan fingerprint density at radius 1 is 1.37 bits per heavy atom. The standard InChI is InChI=1S/C19H22N6O2/c1-27-15-4-2-3-13(11-15)19(26)23-9-10-25-18-17(21-7-8-22-18)16(24-25)14-5-6-20-12-14/h2-4,7-8,11,14,20H,5-6,9-10,12H2,1H3,(H,23,26)/t14-/m1/s1. The number of hydrogen-bond acceptors (Lipinski definition) is 6. The third-order valence-corrected chi connectivity index (χ3v) is 4.78. The molecule has 1 aliphatic heterocycles. The van der Waals surface area contributed by atoms with Crippen LogP contribution in [0.3, 0.4) is 0 Å². The molecule has 3 aromatic rings. The summed E-state index contributed by atoms with van der Waals surface area (Å²) in [4.78, 5) is 21.3. The maximum absolute atomic E-state index is 12.3. The minimum absolute atomic E-state index is 0.142. The molecule has 1 amide bonds. The van der Waals surface area contributed by atoms with E-state index in [1.165, 1.54) is 0 Å². The maximum atomic E-state index is 12.3. The third kappa shape index (κ3) is 3.61. The smallest absolute Gasteiger partial charge is 0.251 e. The number of aromatic nitrogens is 4. The van der Waals surface area contributed by atoms with Crippen LogP contribution in [0.15, 0.2) is 36.7 Å². The second-order valence-electron chi connectivity index (χ2n) is 6.51.